The fraction of sp³-hybridized carbons (Fsp3) is 0.300. The van der Waals surface area contributed by atoms with Gasteiger partial charge in [0, 0.05) is 11.6 Å². The maximum absolute atomic E-state index is 12.4. The highest BCUT2D eigenvalue weighted by molar-refractivity contribution is 5.93. The van der Waals surface area contributed by atoms with Crippen molar-refractivity contribution in [2.75, 3.05) is 25.1 Å². The van der Waals surface area contributed by atoms with Crippen LogP contribution in [0.15, 0.2) is 47.6 Å². The van der Waals surface area contributed by atoms with Gasteiger partial charge in [0.25, 0.3) is 5.91 Å². The third kappa shape index (κ3) is 7.28. The SMILES string of the molecule is CCOc1ccc(OCC)c(NC(=O)CO/N=C/c2ccccc2OC(F)F)c1. The largest absolute Gasteiger partial charge is 0.494 e. The number of hydrogen-bond donors (Lipinski definition) is 1. The number of nitrogens with one attached hydrogen (secondary N) is 1. The molecular formula is C20H22F2N2O5. The lowest BCUT2D eigenvalue weighted by atomic mass is 10.2. The molecule has 1 N–H and O–H groups in total. The summed E-state index contributed by atoms with van der Waals surface area (Å²) in [5.41, 5.74) is 0.724. The van der Waals surface area contributed by atoms with Crippen molar-refractivity contribution in [3.63, 3.8) is 0 Å². The number of para-hydroxylation sites is 1. The number of carbonyl (C=O) groups excluding carboxylic acids is 1. The molecule has 0 aliphatic carbocycles. The summed E-state index contributed by atoms with van der Waals surface area (Å²) in [5.74, 6) is 0.550. The van der Waals surface area contributed by atoms with E-state index in [1.54, 1.807) is 30.3 Å². The summed E-state index contributed by atoms with van der Waals surface area (Å²) in [5, 5.41) is 6.29. The molecule has 0 unspecified atom stereocenters. The minimum atomic E-state index is -2.96. The van der Waals surface area contributed by atoms with Gasteiger partial charge in [-0.15, -0.1) is 0 Å². The van der Waals surface area contributed by atoms with Gasteiger partial charge in [-0.05, 0) is 38.1 Å². The molecule has 0 heterocycles. The second kappa shape index (κ2) is 11.5. The Morgan fingerprint density at radius 2 is 1.86 bits per heavy atom. The summed E-state index contributed by atoms with van der Waals surface area (Å²) >= 11 is 0. The molecule has 2 aromatic carbocycles. The Labute approximate surface area is 167 Å². The molecule has 0 atom stereocenters. The Morgan fingerprint density at radius 1 is 1.10 bits per heavy atom. The van der Waals surface area contributed by atoms with E-state index in [9.17, 15) is 13.6 Å². The Kier molecular flexibility index (Phi) is 8.68. The molecule has 2 aromatic rings. The number of carbonyl (C=O) groups is 1. The van der Waals surface area contributed by atoms with Crippen molar-refractivity contribution in [2.24, 2.45) is 5.16 Å². The van der Waals surface area contributed by atoms with Gasteiger partial charge in [-0.3, -0.25) is 4.79 Å². The molecule has 0 fully saturated rings. The molecule has 0 saturated carbocycles. The van der Waals surface area contributed by atoms with Crippen LogP contribution < -0.4 is 19.5 Å². The van der Waals surface area contributed by atoms with Crippen molar-refractivity contribution in [2.45, 2.75) is 20.5 Å². The van der Waals surface area contributed by atoms with Crippen molar-refractivity contribution in [1.29, 1.82) is 0 Å². The van der Waals surface area contributed by atoms with E-state index >= 15 is 0 Å². The second-order valence-corrected chi connectivity index (χ2v) is 5.50. The number of ether oxygens (including phenoxy) is 3. The van der Waals surface area contributed by atoms with E-state index in [4.69, 9.17) is 14.3 Å². The maximum Gasteiger partial charge on any atom is 0.387 e. The zero-order chi connectivity index (χ0) is 21.1. The van der Waals surface area contributed by atoms with E-state index in [1.807, 2.05) is 13.8 Å². The van der Waals surface area contributed by atoms with Crippen LogP contribution in [0.2, 0.25) is 0 Å². The Morgan fingerprint density at radius 3 is 2.59 bits per heavy atom. The monoisotopic (exact) mass is 408 g/mol. The summed E-state index contributed by atoms with van der Waals surface area (Å²) in [6, 6.07) is 11.2. The first-order valence-electron chi connectivity index (χ1n) is 8.92. The molecule has 0 aromatic heterocycles. The Bertz CT molecular complexity index is 830. The predicted molar refractivity (Wildman–Crippen MR) is 104 cm³/mol. The molecule has 0 saturated heterocycles. The van der Waals surface area contributed by atoms with Crippen molar-refractivity contribution in [1.82, 2.24) is 0 Å². The molecule has 29 heavy (non-hydrogen) atoms. The van der Waals surface area contributed by atoms with Crippen LogP contribution in [0.5, 0.6) is 17.2 Å². The van der Waals surface area contributed by atoms with E-state index in [2.05, 4.69) is 15.2 Å². The van der Waals surface area contributed by atoms with Crippen LogP contribution in [0, 0.1) is 0 Å². The lowest BCUT2D eigenvalue weighted by molar-refractivity contribution is -0.120. The number of amides is 1. The summed E-state index contributed by atoms with van der Waals surface area (Å²) < 4.78 is 40.1. The lowest BCUT2D eigenvalue weighted by Gasteiger charge is -2.13. The summed E-state index contributed by atoms with van der Waals surface area (Å²) in [4.78, 5) is 17.1. The highest BCUT2D eigenvalue weighted by atomic mass is 19.3. The number of halogens is 2. The molecule has 0 bridgehead atoms. The predicted octanol–water partition coefficient (Wildman–Crippen LogP) is 4.07. The van der Waals surface area contributed by atoms with Crippen LogP contribution >= 0.6 is 0 Å². The van der Waals surface area contributed by atoms with Gasteiger partial charge < -0.3 is 24.4 Å². The zero-order valence-corrected chi connectivity index (χ0v) is 16.1. The van der Waals surface area contributed by atoms with Crippen molar-refractivity contribution >= 4 is 17.8 Å². The van der Waals surface area contributed by atoms with Crippen LogP contribution in [0.1, 0.15) is 19.4 Å². The topological polar surface area (TPSA) is 78.4 Å². The fourth-order valence-corrected chi connectivity index (χ4v) is 2.31. The van der Waals surface area contributed by atoms with Gasteiger partial charge in [-0.2, -0.15) is 8.78 Å². The molecule has 9 heteroatoms. The zero-order valence-electron chi connectivity index (χ0n) is 16.1. The average Bonchev–Trinajstić information content (AvgIpc) is 2.68. The minimum absolute atomic E-state index is 0.0478. The molecule has 7 nitrogen and oxygen atoms in total. The Balaban J connectivity index is 1.95. The number of hydrogen-bond acceptors (Lipinski definition) is 6. The standard InChI is InChI=1S/C20H22F2N2O5/c1-3-26-15-9-10-18(27-4-2)16(11-15)24-19(25)13-28-23-12-14-7-5-6-8-17(14)29-20(21)22/h5-12,20H,3-4,13H2,1-2H3,(H,24,25)/b23-12+. The second-order valence-electron chi connectivity index (χ2n) is 5.50. The van der Waals surface area contributed by atoms with Gasteiger partial charge in [-0.25, -0.2) is 0 Å². The van der Waals surface area contributed by atoms with Crippen molar-refractivity contribution in [3.8, 4) is 17.2 Å². The van der Waals surface area contributed by atoms with Gasteiger partial charge in [0.05, 0.1) is 25.1 Å². The first-order valence-corrected chi connectivity index (χ1v) is 8.92. The van der Waals surface area contributed by atoms with E-state index in [1.165, 1.54) is 18.3 Å². The van der Waals surface area contributed by atoms with Crippen LogP contribution in [0.3, 0.4) is 0 Å². The van der Waals surface area contributed by atoms with Crippen molar-refractivity contribution in [3.05, 3.63) is 48.0 Å². The smallest absolute Gasteiger partial charge is 0.387 e. The number of rotatable bonds is 11. The quantitative estimate of drug-likeness (QED) is 0.448. The summed E-state index contributed by atoms with van der Waals surface area (Å²) in [6.07, 6.45) is 1.19. The summed E-state index contributed by atoms with van der Waals surface area (Å²) in [7, 11) is 0. The summed E-state index contributed by atoms with van der Waals surface area (Å²) in [6.45, 7) is 1.25. The number of oxime groups is 1. The minimum Gasteiger partial charge on any atom is -0.494 e. The van der Waals surface area contributed by atoms with E-state index in [0.717, 1.165) is 0 Å². The molecule has 0 aliphatic rings. The van der Waals surface area contributed by atoms with Gasteiger partial charge in [0.15, 0.2) is 6.61 Å². The van der Waals surface area contributed by atoms with Gasteiger partial charge in [0.1, 0.15) is 17.2 Å². The highest BCUT2D eigenvalue weighted by Crippen LogP contribution is 2.29. The van der Waals surface area contributed by atoms with Crippen LogP contribution in [-0.4, -0.2) is 38.6 Å². The average molecular weight is 408 g/mol. The fourth-order valence-electron chi connectivity index (χ4n) is 2.31. The number of anilines is 1. The molecule has 0 spiro atoms. The van der Waals surface area contributed by atoms with Gasteiger partial charge in [-0.1, -0.05) is 17.3 Å². The molecule has 2 rings (SSSR count). The molecule has 0 aliphatic heterocycles. The first kappa shape index (κ1) is 21.9. The molecule has 156 valence electrons. The van der Waals surface area contributed by atoms with Crippen LogP contribution in [0.4, 0.5) is 14.5 Å². The number of benzene rings is 2. The van der Waals surface area contributed by atoms with Crippen molar-refractivity contribution < 1.29 is 32.6 Å². The van der Waals surface area contributed by atoms with E-state index in [0.29, 0.717) is 30.4 Å². The molecular weight excluding hydrogens is 386 g/mol. The highest BCUT2D eigenvalue weighted by Gasteiger charge is 2.11. The van der Waals surface area contributed by atoms with E-state index < -0.39 is 19.1 Å². The normalized spacial score (nSPS) is 10.8. The first-order chi connectivity index (χ1) is 14.0. The molecule has 1 amide bonds. The van der Waals surface area contributed by atoms with Gasteiger partial charge >= 0.3 is 6.61 Å². The number of alkyl halides is 2. The Hall–Kier alpha value is -3.36. The number of nitrogens with zero attached hydrogens (tertiary/aromatic N) is 1. The van der Waals surface area contributed by atoms with E-state index in [-0.39, 0.29) is 11.3 Å². The van der Waals surface area contributed by atoms with Crippen LogP contribution in [0.25, 0.3) is 0 Å². The van der Waals surface area contributed by atoms with Gasteiger partial charge in [0.2, 0.25) is 0 Å². The lowest BCUT2D eigenvalue weighted by Crippen LogP contribution is -2.17. The molecule has 0 radical (unpaired) electrons. The third-order valence-corrected chi connectivity index (χ3v) is 3.43. The maximum atomic E-state index is 12.4. The third-order valence-electron chi connectivity index (χ3n) is 3.43. The van der Waals surface area contributed by atoms with Crippen LogP contribution in [-0.2, 0) is 9.63 Å².